The van der Waals surface area contributed by atoms with Crippen molar-refractivity contribution in [2.24, 2.45) is 5.92 Å². The summed E-state index contributed by atoms with van der Waals surface area (Å²) in [6, 6.07) is 9.81. The molecule has 0 radical (unpaired) electrons. The van der Waals surface area contributed by atoms with E-state index in [1.54, 1.807) is 0 Å². The lowest BCUT2D eigenvalue weighted by Gasteiger charge is -2.16. The first-order valence-electron chi connectivity index (χ1n) is 8.86. The molecule has 3 N–H and O–H groups in total. The molecule has 26 heavy (non-hydrogen) atoms. The summed E-state index contributed by atoms with van der Waals surface area (Å²) < 4.78 is 0. The number of aromatic amines is 1. The number of thiophene rings is 1. The Morgan fingerprint density at radius 1 is 1.27 bits per heavy atom. The van der Waals surface area contributed by atoms with Gasteiger partial charge in [-0.05, 0) is 48.4 Å². The molecule has 2 amide bonds. The number of nitrogens with one attached hydrogen (secondary N) is 3. The number of hydrazine groups is 1. The number of fused-ring (bicyclic) bond motifs is 2. The first kappa shape index (κ1) is 16.8. The van der Waals surface area contributed by atoms with E-state index in [4.69, 9.17) is 0 Å². The van der Waals surface area contributed by atoms with Crippen LogP contribution in [-0.2, 0) is 24.1 Å². The largest absolute Gasteiger partial charge is 0.361 e. The minimum absolute atomic E-state index is 0.211. The molecule has 134 valence electrons. The zero-order valence-electron chi connectivity index (χ0n) is 14.6. The second-order valence-corrected chi connectivity index (χ2v) is 8.08. The third-order valence-corrected chi connectivity index (χ3v) is 6.13. The van der Waals surface area contributed by atoms with Gasteiger partial charge in [0.2, 0.25) is 5.91 Å². The summed E-state index contributed by atoms with van der Waals surface area (Å²) in [5, 5.41) is 1.02. The summed E-state index contributed by atoms with van der Waals surface area (Å²) in [5.41, 5.74) is 8.26. The minimum atomic E-state index is -0.246. The molecule has 5 nitrogen and oxygen atoms in total. The lowest BCUT2D eigenvalue weighted by molar-refractivity contribution is -0.121. The van der Waals surface area contributed by atoms with Crippen molar-refractivity contribution >= 4 is 34.1 Å². The molecule has 3 aromatic rings. The number of para-hydroxylation sites is 1. The first-order chi connectivity index (χ1) is 12.6. The maximum Gasteiger partial charge on any atom is 0.279 e. The van der Waals surface area contributed by atoms with Gasteiger partial charge in [-0.3, -0.25) is 20.4 Å². The van der Waals surface area contributed by atoms with Crippen molar-refractivity contribution in [3.05, 3.63) is 57.4 Å². The SMILES string of the molecule is CC1CCc2sc(C(=O)NNC(=O)Cc3c[nH]c4ccccc34)cc2C1. The molecule has 2 heterocycles. The highest BCUT2D eigenvalue weighted by molar-refractivity contribution is 7.14. The van der Waals surface area contributed by atoms with E-state index in [9.17, 15) is 9.59 Å². The van der Waals surface area contributed by atoms with E-state index in [1.807, 2.05) is 36.5 Å². The second-order valence-electron chi connectivity index (χ2n) is 6.95. The molecule has 6 heteroatoms. The number of amides is 2. The number of carbonyl (C=O) groups is 2. The molecule has 1 aliphatic carbocycles. The Labute approximate surface area is 155 Å². The Bertz CT molecular complexity index is 973. The quantitative estimate of drug-likeness (QED) is 0.621. The Morgan fingerprint density at radius 2 is 2.12 bits per heavy atom. The van der Waals surface area contributed by atoms with Crippen LogP contribution in [0.2, 0.25) is 0 Å². The number of aromatic nitrogens is 1. The van der Waals surface area contributed by atoms with Gasteiger partial charge in [-0.15, -0.1) is 11.3 Å². The Balaban J connectivity index is 1.36. The van der Waals surface area contributed by atoms with E-state index in [-0.39, 0.29) is 18.2 Å². The van der Waals surface area contributed by atoms with Crippen molar-refractivity contribution in [1.82, 2.24) is 15.8 Å². The molecule has 0 saturated carbocycles. The van der Waals surface area contributed by atoms with Gasteiger partial charge in [-0.2, -0.15) is 0 Å². The molecule has 0 bridgehead atoms. The smallest absolute Gasteiger partial charge is 0.279 e. The number of hydrogen-bond donors (Lipinski definition) is 3. The summed E-state index contributed by atoms with van der Waals surface area (Å²) in [5.74, 6) is 0.186. The van der Waals surface area contributed by atoms with Gasteiger partial charge in [0.05, 0.1) is 11.3 Å². The van der Waals surface area contributed by atoms with Crippen molar-refractivity contribution in [2.45, 2.75) is 32.6 Å². The zero-order chi connectivity index (χ0) is 18.1. The molecule has 1 aliphatic rings. The third kappa shape index (κ3) is 3.37. The van der Waals surface area contributed by atoms with Crippen LogP contribution in [0.4, 0.5) is 0 Å². The summed E-state index contributed by atoms with van der Waals surface area (Å²) in [4.78, 5) is 29.7. The van der Waals surface area contributed by atoms with E-state index < -0.39 is 0 Å². The predicted octanol–water partition coefficient (Wildman–Crippen LogP) is 3.36. The van der Waals surface area contributed by atoms with Crippen molar-refractivity contribution in [3.63, 3.8) is 0 Å². The first-order valence-corrected chi connectivity index (χ1v) is 9.67. The molecule has 0 aliphatic heterocycles. The molecule has 0 fully saturated rings. The number of rotatable bonds is 3. The number of hydrogen-bond acceptors (Lipinski definition) is 3. The molecule has 4 rings (SSSR count). The van der Waals surface area contributed by atoms with E-state index >= 15 is 0 Å². The Morgan fingerprint density at radius 3 is 3.00 bits per heavy atom. The maximum absolute atomic E-state index is 12.3. The van der Waals surface area contributed by atoms with E-state index in [1.165, 1.54) is 28.2 Å². The van der Waals surface area contributed by atoms with Gasteiger partial charge in [-0.25, -0.2) is 0 Å². The molecule has 1 aromatic carbocycles. The lowest BCUT2D eigenvalue weighted by Crippen LogP contribution is -2.42. The fraction of sp³-hybridized carbons (Fsp3) is 0.300. The average molecular weight is 367 g/mol. The van der Waals surface area contributed by atoms with Crippen LogP contribution in [0.25, 0.3) is 10.9 Å². The molecule has 1 unspecified atom stereocenters. The van der Waals surface area contributed by atoms with E-state index in [0.717, 1.165) is 29.3 Å². The Hall–Kier alpha value is -2.60. The number of H-pyrrole nitrogens is 1. The van der Waals surface area contributed by atoms with Crippen LogP contribution >= 0.6 is 11.3 Å². The lowest BCUT2D eigenvalue weighted by atomic mass is 9.90. The van der Waals surface area contributed by atoms with Crippen molar-refractivity contribution < 1.29 is 9.59 Å². The van der Waals surface area contributed by atoms with E-state index in [0.29, 0.717) is 10.8 Å². The summed E-state index contributed by atoms with van der Waals surface area (Å²) >= 11 is 1.54. The number of carbonyl (C=O) groups excluding carboxylic acids is 2. The highest BCUT2D eigenvalue weighted by Gasteiger charge is 2.21. The van der Waals surface area contributed by atoms with Crippen LogP contribution in [0.3, 0.4) is 0 Å². The topological polar surface area (TPSA) is 74.0 Å². The van der Waals surface area contributed by atoms with Crippen molar-refractivity contribution in [3.8, 4) is 0 Å². The molecular weight excluding hydrogens is 346 g/mol. The van der Waals surface area contributed by atoms with Gasteiger partial charge in [-0.1, -0.05) is 25.1 Å². The van der Waals surface area contributed by atoms with Crippen LogP contribution in [0.15, 0.2) is 36.5 Å². The molecule has 2 aromatic heterocycles. The monoisotopic (exact) mass is 367 g/mol. The summed E-state index contributed by atoms with van der Waals surface area (Å²) in [6.45, 7) is 2.24. The fourth-order valence-corrected chi connectivity index (χ4v) is 4.60. The standard InChI is InChI=1S/C20H21N3O2S/c1-12-6-7-17-13(8-12)9-18(26-17)20(25)23-22-19(24)10-14-11-21-16-5-3-2-4-15(14)16/h2-5,9,11-12,21H,6-8,10H2,1H3,(H,22,24)(H,23,25). The van der Waals surface area contributed by atoms with Gasteiger partial charge in [0.15, 0.2) is 0 Å². The van der Waals surface area contributed by atoms with Crippen LogP contribution < -0.4 is 10.9 Å². The van der Waals surface area contributed by atoms with Crippen LogP contribution in [0.5, 0.6) is 0 Å². The highest BCUT2D eigenvalue weighted by atomic mass is 32.1. The number of benzene rings is 1. The molecule has 1 atom stereocenters. The van der Waals surface area contributed by atoms with Gasteiger partial charge < -0.3 is 4.98 Å². The van der Waals surface area contributed by atoms with Crippen LogP contribution in [-0.4, -0.2) is 16.8 Å². The van der Waals surface area contributed by atoms with Gasteiger partial charge in [0.25, 0.3) is 5.91 Å². The zero-order valence-corrected chi connectivity index (χ0v) is 15.4. The minimum Gasteiger partial charge on any atom is -0.361 e. The third-order valence-electron chi connectivity index (χ3n) is 4.89. The Kier molecular flexibility index (Phi) is 4.51. The van der Waals surface area contributed by atoms with Gasteiger partial charge >= 0.3 is 0 Å². The molecule has 0 saturated heterocycles. The van der Waals surface area contributed by atoms with Gasteiger partial charge in [0, 0.05) is 22.0 Å². The summed E-state index contributed by atoms with van der Waals surface area (Å²) in [6.07, 6.45) is 5.30. The molecular formula is C20H21N3O2S. The predicted molar refractivity (Wildman–Crippen MR) is 103 cm³/mol. The number of aryl methyl sites for hydroxylation is 1. The summed E-state index contributed by atoms with van der Waals surface area (Å²) in [7, 11) is 0. The maximum atomic E-state index is 12.3. The van der Waals surface area contributed by atoms with Crippen molar-refractivity contribution in [2.75, 3.05) is 0 Å². The fourth-order valence-electron chi connectivity index (χ4n) is 3.50. The van der Waals surface area contributed by atoms with Crippen LogP contribution in [0.1, 0.15) is 39.0 Å². The normalized spacial score (nSPS) is 16.3. The van der Waals surface area contributed by atoms with E-state index in [2.05, 4.69) is 22.8 Å². The van der Waals surface area contributed by atoms with Gasteiger partial charge in [0.1, 0.15) is 0 Å². The average Bonchev–Trinajstić information content (AvgIpc) is 3.24. The van der Waals surface area contributed by atoms with Crippen molar-refractivity contribution in [1.29, 1.82) is 0 Å². The van der Waals surface area contributed by atoms with Crippen LogP contribution in [0, 0.1) is 5.92 Å². The highest BCUT2D eigenvalue weighted by Crippen LogP contribution is 2.32. The molecule has 0 spiro atoms. The second kappa shape index (κ2) is 6.96.